The van der Waals surface area contributed by atoms with Gasteiger partial charge >= 0.3 is 0 Å². The van der Waals surface area contributed by atoms with Crippen molar-refractivity contribution < 1.29 is 18.7 Å². The molecule has 10 heteroatoms. The van der Waals surface area contributed by atoms with Crippen molar-refractivity contribution in [1.29, 1.82) is 0 Å². The molecule has 2 N–H and O–H groups in total. The van der Waals surface area contributed by atoms with E-state index in [-0.39, 0.29) is 28.5 Å². The zero-order chi connectivity index (χ0) is 18.4. The fourth-order valence-corrected chi connectivity index (χ4v) is 3.92. The number of hydrogen-bond donors (Lipinski definition) is 2. The Morgan fingerprint density at radius 2 is 2.19 bits per heavy atom. The van der Waals surface area contributed by atoms with E-state index in [4.69, 9.17) is 4.74 Å². The highest BCUT2D eigenvalue weighted by Gasteiger charge is 2.17. The summed E-state index contributed by atoms with van der Waals surface area (Å²) >= 11 is 2.35. The summed E-state index contributed by atoms with van der Waals surface area (Å²) in [6, 6.07) is 5.69. The average Bonchev–Trinajstić information content (AvgIpc) is 3.30. The number of carbonyl (C=O) groups excluding carboxylic acids is 2. The molecule has 0 unspecified atom stereocenters. The summed E-state index contributed by atoms with van der Waals surface area (Å²) in [5, 5.41) is 13.3. The van der Waals surface area contributed by atoms with Crippen LogP contribution in [0.25, 0.3) is 0 Å². The van der Waals surface area contributed by atoms with Crippen molar-refractivity contribution in [1.82, 2.24) is 15.5 Å². The molecule has 1 atom stereocenters. The molecule has 2 heterocycles. The number of aromatic nitrogens is 2. The second kappa shape index (κ2) is 9.06. The molecular weight excluding hydrogens is 379 g/mol. The van der Waals surface area contributed by atoms with E-state index in [1.54, 1.807) is 6.07 Å². The summed E-state index contributed by atoms with van der Waals surface area (Å²) in [4.78, 5) is 23.9. The van der Waals surface area contributed by atoms with Crippen LogP contribution < -0.4 is 10.6 Å². The third kappa shape index (κ3) is 5.23. The molecule has 7 nitrogen and oxygen atoms in total. The molecule has 0 bridgehead atoms. The Morgan fingerprint density at radius 1 is 1.35 bits per heavy atom. The summed E-state index contributed by atoms with van der Waals surface area (Å²) in [6.07, 6.45) is 2.10. The quantitative estimate of drug-likeness (QED) is 0.551. The maximum atomic E-state index is 13.6. The maximum absolute atomic E-state index is 13.6. The van der Waals surface area contributed by atoms with E-state index in [0.29, 0.717) is 10.9 Å². The smallest absolute Gasteiger partial charge is 0.260 e. The largest absolute Gasteiger partial charge is 0.376 e. The van der Waals surface area contributed by atoms with Gasteiger partial charge in [-0.05, 0) is 25.0 Å². The molecule has 1 fully saturated rings. The van der Waals surface area contributed by atoms with Gasteiger partial charge in [0.05, 0.1) is 17.4 Å². The number of hydrogen-bond acceptors (Lipinski definition) is 7. The molecular formula is C16H17FN4O3S2. The van der Waals surface area contributed by atoms with Gasteiger partial charge in [0.15, 0.2) is 4.34 Å². The van der Waals surface area contributed by atoms with Gasteiger partial charge < -0.3 is 10.1 Å². The van der Waals surface area contributed by atoms with Crippen molar-refractivity contribution in [3.63, 3.8) is 0 Å². The molecule has 1 aliphatic rings. The van der Waals surface area contributed by atoms with E-state index in [9.17, 15) is 14.0 Å². The fourth-order valence-electron chi connectivity index (χ4n) is 2.34. The molecule has 0 saturated carbocycles. The predicted octanol–water partition coefficient (Wildman–Crippen LogP) is 2.32. The van der Waals surface area contributed by atoms with Crippen molar-refractivity contribution in [3.05, 3.63) is 35.6 Å². The molecule has 2 amide bonds. The lowest BCUT2D eigenvalue weighted by Crippen LogP contribution is -2.32. The number of thioether (sulfide) groups is 1. The van der Waals surface area contributed by atoms with Crippen LogP contribution in [0.2, 0.25) is 0 Å². The van der Waals surface area contributed by atoms with Crippen molar-refractivity contribution in [2.24, 2.45) is 0 Å². The topological polar surface area (TPSA) is 93.2 Å². The summed E-state index contributed by atoms with van der Waals surface area (Å²) in [5.41, 5.74) is -0.0644. The van der Waals surface area contributed by atoms with Gasteiger partial charge in [-0.15, -0.1) is 10.2 Å². The molecule has 1 aromatic carbocycles. The highest BCUT2D eigenvalue weighted by molar-refractivity contribution is 8.01. The molecule has 3 rings (SSSR count). The molecule has 0 aliphatic carbocycles. The summed E-state index contributed by atoms with van der Waals surface area (Å²) < 4.78 is 19.6. The Hall–Kier alpha value is -2.04. The molecule has 26 heavy (non-hydrogen) atoms. The predicted molar refractivity (Wildman–Crippen MR) is 97.0 cm³/mol. The Labute approximate surface area is 157 Å². The fraction of sp³-hybridized carbons (Fsp3) is 0.375. The normalized spacial score (nSPS) is 16.4. The summed E-state index contributed by atoms with van der Waals surface area (Å²) in [7, 11) is 0. The van der Waals surface area contributed by atoms with Crippen LogP contribution in [0.15, 0.2) is 28.6 Å². The zero-order valence-electron chi connectivity index (χ0n) is 13.7. The first-order valence-corrected chi connectivity index (χ1v) is 9.82. The Bertz CT molecular complexity index is 780. The highest BCUT2D eigenvalue weighted by Crippen LogP contribution is 2.25. The average molecular weight is 396 g/mol. The first-order chi connectivity index (χ1) is 12.6. The summed E-state index contributed by atoms with van der Waals surface area (Å²) in [5.74, 6) is -1.11. The molecule has 0 radical (unpaired) electrons. The lowest BCUT2D eigenvalue weighted by Gasteiger charge is -2.09. The van der Waals surface area contributed by atoms with Gasteiger partial charge in [-0.1, -0.05) is 35.2 Å². The van der Waals surface area contributed by atoms with Gasteiger partial charge in [0.25, 0.3) is 5.91 Å². The lowest BCUT2D eigenvalue weighted by molar-refractivity contribution is -0.119. The van der Waals surface area contributed by atoms with Crippen molar-refractivity contribution in [2.75, 3.05) is 24.2 Å². The first kappa shape index (κ1) is 18.7. The molecule has 1 aromatic heterocycles. The number of halogens is 1. The zero-order valence-corrected chi connectivity index (χ0v) is 15.4. The van der Waals surface area contributed by atoms with E-state index in [1.165, 1.54) is 30.0 Å². The first-order valence-electron chi connectivity index (χ1n) is 8.02. The molecule has 1 saturated heterocycles. The maximum Gasteiger partial charge on any atom is 0.260 e. The van der Waals surface area contributed by atoms with Crippen LogP contribution in [-0.4, -0.2) is 47.0 Å². The number of nitrogens with zero attached hydrogens (tertiary/aromatic N) is 2. The van der Waals surface area contributed by atoms with E-state index >= 15 is 0 Å². The van der Waals surface area contributed by atoms with E-state index in [1.807, 2.05) is 0 Å². The number of amides is 2. The van der Waals surface area contributed by atoms with Crippen LogP contribution in [0.5, 0.6) is 0 Å². The van der Waals surface area contributed by atoms with E-state index < -0.39 is 11.7 Å². The standard InChI is InChI=1S/C16H17FN4O3S2/c17-12-6-2-1-5-11(12)14(23)19-15-20-21-16(26-15)25-9-13(22)18-8-10-4-3-7-24-10/h1-2,5-6,10H,3-4,7-9H2,(H,18,22)(H,19,20,23)/t10-/m1/s1. The number of carbonyl (C=O) groups is 2. The van der Waals surface area contributed by atoms with Crippen LogP contribution in [-0.2, 0) is 9.53 Å². The lowest BCUT2D eigenvalue weighted by atomic mass is 10.2. The van der Waals surface area contributed by atoms with Gasteiger partial charge in [0, 0.05) is 13.2 Å². The molecule has 0 spiro atoms. The van der Waals surface area contributed by atoms with Crippen LogP contribution in [0, 0.1) is 5.82 Å². The Balaban J connectivity index is 1.44. The van der Waals surface area contributed by atoms with Gasteiger partial charge in [0.2, 0.25) is 11.0 Å². The Morgan fingerprint density at radius 3 is 2.96 bits per heavy atom. The molecule has 1 aliphatic heterocycles. The van der Waals surface area contributed by atoms with Gasteiger partial charge in [0.1, 0.15) is 5.82 Å². The van der Waals surface area contributed by atoms with Gasteiger partial charge in [-0.3, -0.25) is 14.9 Å². The van der Waals surface area contributed by atoms with E-state index in [2.05, 4.69) is 20.8 Å². The molecule has 2 aromatic rings. The summed E-state index contributed by atoms with van der Waals surface area (Å²) in [6.45, 7) is 1.26. The van der Waals surface area contributed by atoms with Crippen LogP contribution in [0.1, 0.15) is 23.2 Å². The van der Waals surface area contributed by atoms with Crippen molar-refractivity contribution in [2.45, 2.75) is 23.3 Å². The highest BCUT2D eigenvalue weighted by atomic mass is 32.2. The van der Waals surface area contributed by atoms with Gasteiger partial charge in [-0.25, -0.2) is 4.39 Å². The molecule has 138 valence electrons. The third-order valence-electron chi connectivity index (χ3n) is 3.62. The number of benzene rings is 1. The number of nitrogens with one attached hydrogen (secondary N) is 2. The number of anilines is 1. The minimum absolute atomic E-state index is 0.0644. The van der Waals surface area contributed by atoms with Crippen LogP contribution >= 0.6 is 23.1 Å². The van der Waals surface area contributed by atoms with Crippen LogP contribution in [0.4, 0.5) is 9.52 Å². The third-order valence-corrected chi connectivity index (χ3v) is 5.60. The number of rotatable bonds is 7. The van der Waals surface area contributed by atoms with Crippen LogP contribution in [0.3, 0.4) is 0 Å². The SMILES string of the molecule is O=C(CSc1nnc(NC(=O)c2ccccc2F)s1)NC[C@H]1CCCO1. The van der Waals surface area contributed by atoms with Gasteiger partial charge in [-0.2, -0.15) is 0 Å². The minimum atomic E-state index is -0.605. The van der Waals surface area contributed by atoms with E-state index in [0.717, 1.165) is 30.8 Å². The second-order valence-corrected chi connectivity index (χ2v) is 7.73. The minimum Gasteiger partial charge on any atom is -0.376 e. The number of ether oxygens (including phenoxy) is 1. The Kier molecular flexibility index (Phi) is 6.53. The second-order valence-electron chi connectivity index (χ2n) is 5.53. The monoisotopic (exact) mass is 396 g/mol. The van der Waals surface area contributed by atoms with Crippen molar-refractivity contribution in [3.8, 4) is 0 Å². The van der Waals surface area contributed by atoms with Crippen molar-refractivity contribution >= 4 is 40.0 Å².